The molecule has 0 unspecified atom stereocenters. The van der Waals surface area contributed by atoms with Crippen LogP contribution in [0, 0.1) is 5.82 Å². The zero-order valence-electron chi connectivity index (χ0n) is 8.79. The van der Waals surface area contributed by atoms with Crippen molar-refractivity contribution in [3.05, 3.63) is 47.5 Å². The van der Waals surface area contributed by atoms with Crippen molar-refractivity contribution in [3.63, 3.8) is 0 Å². The number of carbonyl (C=O) groups excluding carboxylic acids is 1. The highest BCUT2D eigenvalue weighted by atomic mass is 19.1. The van der Waals surface area contributed by atoms with Gasteiger partial charge in [0, 0.05) is 12.1 Å². The molecule has 0 aromatic heterocycles. The SMILES string of the molecule is O=C(NC1=CCCCN1)c1ccc(F)cc1. The van der Waals surface area contributed by atoms with Gasteiger partial charge in [0.2, 0.25) is 0 Å². The molecule has 1 amide bonds. The third-order valence-electron chi connectivity index (χ3n) is 2.40. The maximum atomic E-state index is 12.7. The number of benzene rings is 1. The normalized spacial score (nSPS) is 14.9. The lowest BCUT2D eigenvalue weighted by Crippen LogP contribution is -2.33. The molecule has 0 fully saturated rings. The lowest BCUT2D eigenvalue weighted by atomic mass is 10.2. The Morgan fingerprint density at radius 3 is 2.69 bits per heavy atom. The summed E-state index contributed by atoms with van der Waals surface area (Å²) in [7, 11) is 0. The van der Waals surface area contributed by atoms with Crippen molar-refractivity contribution >= 4 is 5.91 Å². The van der Waals surface area contributed by atoms with Gasteiger partial charge >= 0.3 is 0 Å². The van der Waals surface area contributed by atoms with Crippen LogP contribution in [0.2, 0.25) is 0 Å². The van der Waals surface area contributed by atoms with Gasteiger partial charge in [-0.05, 0) is 43.2 Å². The van der Waals surface area contributed by atoms with Crippen LogP contribution in [0.4, 0.5) is 4.39 Å². The van der Waals surface area contributed by atoms with E-state index < -0.39 is 0 Å². The minimum absolute atomic E-state index is 0.222. The van der Waals surface area contributed by atoms with Crippen LogP contribution in [-0.4, -0.2) is 12.5 Å². The summed E-state index contributed by atoms with van der Waals surface area (Å²) in [5.74, 6) is 0.174. The van der Waals surface area contributed by atoms with E-state index >= 15 is 0 Å². The van der Waals surface area contributed by atoms with E-state index in [1.165, 1.54) is 24.3 Å². The second kappa shape index (κ2) is 4.79. The highest BCUT2D eigenvalue weighted by molar-refractivity contribution is 5.95. The average molecular weight is 220 g/mol. The molecule has 1 heterocycles. The topological polar surface area (TPSA) is 41.1 Å². The van der Waals surface area contributed by atoms with Crippen molar-refractivity contribution in [2.24, 2.45) is 0 Å². The Morgan fingerprint density at radius 2 is 2.06 bits per heavy atom. The van der Waals surface area contributed by atoms with Gasteiger partial charge in [0.1, 0.15) is 11.6 Å². The van der Waals surface area contributed by atoms with E-state index in [2.05, 4.69) is 10.6 Å². The number of carbonyl (C=O) groups is 1. The predicted octanol–water partition coefficient (Wildman–Crippen LogP) is 1.78. The van der Waals surface area contributed by atoms with Gasteiger partial charge in [0.05, 0.1) is 0 Å². The molecule has 1 aliphatic heterocycles. The fourth-order valence-electron chi connectivity index (χ4n) is 1.53. The molecule has 0 radical (unpaired) electrons. The fourth-order valence-corrected chi connectivity index (χ4v) is 1.53. The standard InChI is InChI=1S/C12H13FN2O/c13-10-6-4-9(5-7-10)12(16)15-11-3-1-2-8-14-11/h3-7,14H,1-2,8H2,(H,15,16). The first-order valence-corrected chi connectivity index (χ1v) is 5.26. The molecule has 0 aliphatic carbocycles. The first-order valence-electron chi connectivity index (χ1n) is 5.26. The van der Waals surface area contributed by atoms with Gasteiger partial charge in [0.25, 0.3) is 5.91 Å². The minimum atomic E-state index is -0.341. The molecule has 0 atom stereocenters. The molecule has 2 N–H and O–H groups in total. The van der Waals surface area contributed by atoms with Crippen molar-refractivity contribution in [1.82, 2.24) is 10.6 Å². The lowest BCUT2D eigenvalue weighted by Gasteiger charge is -2.16. The van der Waals surface area contributed by atoms with E-state index in [9.17, 15) is 9.18 Å². The van der Waals surface area contributed by atoms with Gasteiger partial charge < -0.3 is 10.6 Å². The molecule has 16 heavy (non-hydrogen) atoms. The molecule has 0 spiro atoms. The van der Waals surface area contributed by atoms with Gasteiger partial charge in [-0.25, -0.2) is 4.39 Å². The van der Waals surface area contributed by atoms with E-state index in [-0.39, 0.29) is 11.7 Å². The maximum Gasteiger partial charge on any atom is 0.256 e. The monoisotopic (exact) mass is 220 g/mol. The molecular weight excluding hydrogens is 207 g/mol. The minimum Gasteiger partial charge on any atom is -0.372 e. The van der Waals surface area contributed by atoms with Crippen molar-refractivity contribution in [3.8, 4) is 0 Å². The summed E-state index contributed by atoms with van der Waals surface area (Å²) in [5.41, 5.74) is 0.453. The summed E-state index contributed by atoms with van der Waals surface area (Å²) < 4.78 is 12.7. The van der Waals surface area contributed by atoms with Crippen molar-refractivity contribution in [2.75, 3.05) is 6.54 Å². The van der Waals surface area contributed by atoms with Crippen LogP contribution >= 0.6 is 0 Å². The second-order valence-electron chi connectivity index (χ2n) is 3.65. The van der Waals surface area contributed by atoms with Crippen molar-refractivity contribution in [1.29, 1.82) is 0 Å². The highest BCUT2D eigenvalue weighted by Gasteiger charge is 2.09. The summed E-state index contributed by atoms with van der Waals surface area (Å²) in [5, 5.41) is 5.83. The largest absolute Gasteiger partial charge is 0.372 e. The third kappa shape index (κ3) is 2.59. The van der Waals surface area contributed by atoms with E-state index in [1.54, 1.807) is 0 Å². The molecule has 2 rings (SSSR count). The first kappa shape index (κ1) is 10.7. The molecule has 0 saturated carbocycles. The molecule has 1 aliphatic rings. The van der Waals surface area contributed by atoms with Crippen LogP contribution < -0.4 is 10.6 Å². The van der Waals surface area contributed by atoms with Gasteiger partial charge in [-0.15, -0.1) is 0 Å². The van der Waals surface area contributed by atoms with E-state index in [4.69, 9.17) is 0 Å². The van der Waals surface area contributed by atoms with Crippen LogP contribution in [-0.2, 0) is 0 Å². The number of hydrogen-bond donors (Lipinski definition) is 2. The summed E-state index contributed by atoms with van der Waals surface area (Å²) >= 11 is 0. The van der Waals surface area contributed by atoms with Gasteiger partial charge in [-0.1, -0.05) is 0 Å². The Balaban J connectivity index is 2.02. The zero-order valence-corrected chi connectivity index (χ0v) is 8.79. The molecule has 1 aromatic carbocycles. The van der Waals surface area contributed by atoms with Gasteiger partial charge in [0.15, 0.2) is 0 Å². The molecule has 3 nitrogen and oxygen atoms in total. The first-order chi connectivity index (χ1) is 7.75. The summed E-state index contributed by atoms with van der Waals surface area (Å²) in [4.78, 5) is 11.7. The van der Waals surface area contributed by atoms with Crippen LogP contribution in [0.1, 0.15) is 23.2 Å². The average Bonchev–Trinajstić information content (AvgIpc) is 2.31. The number of rotatable bonds is 2. The summed E-state index contributed by atoms with van der Waals surface area (Å²) in [6, 6.07) is 5.48. The van der Waals surface area contributed by atoms with Crippen LogP contribution in [0.3, 0.4) is 0 Å². The molecular formula is C12H13FN2O. The number of nitrogens with one attached hydrogen (secondary N) is 2. The molecule has 1 aromatic rings. The molecule has 84 valence electrons. The summed E-state index contributed by atoms with van der Waals surface area (Å²) in [6.45, 7) is 0.871. The Hall–Kier alpha value is -1.84. The van der Waals surface area contributed by atoms with E-state index in [0.29, 0.717) is 5.56 Å². The number of amides is 1. The smallest absolute Gasteiger partial charge is 0.256 e. The highest BCUT2D eigenvalue weighted by Crippen LogP contribution is 2.05. The third-order valence-corrected chi connectivity index (χ3v) is 2.40. The predicted molar refractivity (Wildman–Crippen MR) is 59.2 cm³/mol. The van der Waals surface area contributed by atoms with Crippen LogP contribution in [0.5, 0.6) is 0 Å². The van der Waals surface area contributed by atoms with Gasteiger partial charge in [-0.3, -0.25) is 4.79 Å². The van der Waals surface area contributed by atoms with E-state index in [1.807, 2.05) is 6.08 Å². The second-order valence-corrected chi connectivity index (χ2v) is 3.65. The Morgan fingerprint density at radius 1 is 1.31 bits per heavy atom. The summed E-state index contributed by atoms with van der Waals surface area (Å²) in [6.07, 6.45) is 3.99. The zero-order chi connectivity index (χ0) is 11.4. The Kier molecular flexibility index (Phi) is 3.19. The molecule has 4 heteroatoms. The van der Waals surface area contributed by atoms with Crippen molar-refractivity contribution < 1.29 is 9.18 Å². The number of allylic oxidation sites excluding steroid dienone is 1. The Bertz CT molecular complexity index is 412. The van der Waals surface area contributed by atoms with Crippen LogP contribution in [0.15, 0.2) is 36.2 Å². The molecule has 0 bridgehead atoms. The number of hydrogen-bond acceptors (Lipinski definition) is 2. The van der Waals surface area contributed by atoms with Crippen LogP contribution in [0.25, 0.3) is 0 Å². The van der Waals surface area contributed by atoms with Crippen molar-refractivity contribution in [2.45, 2.75) is 12.8 Å². The molecule has 0 saturated heterocycles. The van der Waals surface area contributed by atoms with E-state index in [0.717, 1.165) is 25.2 Å². The maximum absolute atomic E-state index is 12.7. The quantitative estimate of drug-likeness (QED) is 0.797. The number of halogens is 1. The fraction of sp³-hybridized carbons (Fsp3) is 0.250. The van der Waals surface area contributed by atoms with Gasteiger partial charge in [-0.2, -0.15) is 0 Å². The lowest BCUT2D eigenvalue weighted by molar-refractivity contribution is 0.0962. The Labute approximate surface area is 93.4 Å².